The molecule has 2 heterocycles. The second-order valence-corrected chi connectivity index (χ2v) is 9.07. The van der Waals surface area contributed by atoms with Crippen LogP contribution in [0.15, 0.2) is 78.9 Å². The van der Waals surface area contributed by atoms with Crippen LogP contribution in [0.3, 0.4) is 0 Å². The van der Waals surface area contributed by atoms with Crippen molar-refractivity contribution in [2.75, 3.05) is 6.54 Å². The molecule has 0 saturated heterocycles. The van der Waals surface area contributed by atoms with Crippen LogP contribution in [-0.2, 0) is 25.8 Å². The number of aromatic amines is 2. The predicted octanol–water partition coefficient (Wildman–Crippen LogP) is 6.86. The van der Waals surface area contributed by atoms with E-state index in [1.165, 1.54) is 62.7 Å². The molecule has 3 aromatic carbocycles. The maximum atomic E-state index is 3.72. The van der Waals surface area contributed by atoms with Crippen molar-refractivity contribution in [1.82, 2.24) is 15.3 Å². The van der Waals surface area contributed by atoms with E-state index in [2.05, 4.69) is 101 Å². The molecule has 0 unspecified atom stereocenters. The molecule has 0 atom stereocenters. The normalized spacial score (nSPS) is 11.5. The minimum Gasteiger partial charge on any atom is -0.358 e. The van der Waals surface area contributed by atoms with Gasteiger partial charge in [-0.3, -0.25) is 0 Å². The first-order valence-electron chi connectivity index (χ1n) is 12.2. The van der Waals surface area contributed by atoms with Crippen molar-refractivity contribution in [1.29, 1.82) is 0 Å². The lowest BCUT2D eigenvalue weighted by Crippen LogP contribution is -2.17. The van der Waals surface area contributed by atoms with Crippen molar-refractivity contribution in [2.45, 2.75) is 45.6 Å². The highest BCUT2D eigenvalue weighted by Crippen LogP contribution is 2.25. The molecule has 0 aliphatic rings. The Balaban J connectivity index is 1.19. The Kier molecular flexibility index (Phi) is 6.59. The van der Waals surface area contributed by atoms with Crippen LogP contribution in [0, 0.1) is 6.92 Å². The molecule has 3 heteroatoms. The number of H-pyrrole nitrogens is 2. The van der Waals surface area contributed by atoms with Gasteiger partial charge in [0.2, 0.25) is 0 Å². The van der Waals surface area contributed by atoms with Gasteiger partial charge in [-0.15, -0.1) is 0 Å². The second kappa shape index (κ2) is 10.1. The predicted molar refractivity (Wildman–Crippen MR) is 140 cm³/mol. The number of rotatable bonds is 10. The average Bonchev–Trinajstić information content (AvgIpc) is 3.41. The van der Waals surface area contributed by atoms with Gasteiger partial charge in [-0.1, -0.05) is 60.7 Å². The molecule has 33 heavy (non-hydrogen) atoms. The molecule has 0 amide bonds. The maximum Gasteiger partial charge on any atom is 0.0458 e. The van der Waals surface area contributed by atoms with E-state index < -0.39 is 0 Å². The van der Waals surface area contributed by atoms with Gasteiger partial charge < -0.3 is 15.3 Å². The van der Waals surface area contributed by atoms with Gasteiger partial charge in [0.25, 0.3) is 0 Å². The topological polar surface area (TPSA) is 43.6 Å². The number of nitrogens with one attached hydrogen (secondary N) is 3. The smallest absolute Gasteiger partial charge is 0.0458 e. The number of aryl methyl sites for hydroxylation is 3. The highest BCUT2D eigenvalue weighted by atomic mass is 14.8. The number of aromatic nitrogens is 2. The number of unbranched alkanes of at least 4 members (excludes halogenated alkanes) is 1. The van der Waals surface area contributed by atoms with Gasteiger partial charge in [-0.2, -0.15) is 0 Å². The molecular weight excluding hydrogens is 402 g/mol. The molecule has 168 valence electrons. The first kappa shape index (κ1) is 21.5. The summed E-state index contributed by atoms with van der Waals surface area (Å²) in [5.41, 5.74) is 9.47. The van der Waals surface area contributed by atoms with Gasteiger partial charge in [0.05, 0.1) is 0 Å². The SMILES string of the molecule is Cc1ccccc1CNCCc1c(CCCCc2cc3ccccc3[nH]2)[nH]c2ccccc12. The zero-order chi connectivity index (χ0) is 22.5. The van der Waals surface area contributed by atoms with Crippen LogP contribution in [0.1, 0.15) is 40.9 Å². The molecule has 0 fully saturated rings. The summed E-state index contributed by atoms with van der Waals surface area (Å²) in [5.74, 6) is 0. The third-order valence-corrected chi connectivity index (χ3v) is 6.74. The van der Waals surface area contributed by atoms with E-state index in [1.807, 2.05) is 0 Å². The summed E-state index contributed by atoms with van der Waals surface area (Å²) in [6.07, 6.45) is 5.62. The van der Waals surface area contributed by atoms with Gasteiger partial charge in [-0.05, 0) is 85.8 Å². The van der Waals surface area contributed by atoms with Crippen molar-refractivity contribution >= 4 is 21.8 Å². The Labute approximate surface area is 196 Å². The molecule has 3 nitrogen and oxygen atoms in total. The van der Waals surface area contributed by atoms with E-state index in [0.717, 1.165) is 32.4 Å². The molecule has 0 aliphatic heterocycles. The highest BCUT2D eigenvalue weighted by molar-refractivity contribution is 5.84. The molecular formula is C30H33N3. The number of benzene rings is 3. The summed E-state index contributed by atoms with van der Waals surface area (Å²) in [6.45, 7) is 4.09. The Hall–Kier alpha value is -3.30. The van der Waals surface area contributed by atoms with E-state index in [9.17, 15) is 0 Å². The number of hydrogen-bond acceptors (Lipinski definition) is 1. The summed E-state index contributed by atoms with van der Waals surface area (Å²) in [6, 6.07) is 28.2. The zero-order valence-corrected chi connectivity index (χ0v) is 19.5. The van der Waals surface area contributed by atoms with Gasteiger partial charge in [-0.25, -0.2) is 0 Å². The fourth-order valence-electron chi connectivity index (χ4n) is 4.89. The van der Waals surface area contributed by atoms with E-state index in [4.69, 9.17) is 0 Å². The highest BCUT2D eigenvalue weighted by Gasteiger charge is 2.11. The molecule has 3 N–H and O–H groups in total. The maximum absolute atomic E-state index is 3.72. The van der Waals surface area contributed by atoms with Gasteiger partial charge in [0, 0.05) is 34.4 Å². The summed E-state index contributed by atoms with van der Waals surface area (Å²) in [4.78, 5) is 7.28. The monoisotopic (exact) mass is 435 g/mol. The van der Waals surface area contributed by atoms with Crippen molar-refractivity contribution < 1.29 is 0 Å². The lowest BCUT2D eigenvalue weighted by molar-refractivity contribution is 0.675. The number of hydrogen-bond donors (Lipinski definition) is 3. The van der Waals surface area contributed by atoms with Crippen LogP contribution in [0.4, 0.5) is 0 Å². The molecule has 0 spiro atoms. The standard InChI is InChI=1S/C30H33N3/c1-22-10-2-3-12-24(22)21-31-19-18-27-26-14-6-9-17-29(26)33-30(27)16-8-5-13-25-20-23-11-4-7-15-28(23)32-25/h2-4,6-7,9-12,14-15,17,20,31-33H,5,8,13,16,18-19,21H2,1H3. The largest absolute Gasteiger partial charge is 0.358 e. The van der Waals surface area contributed by atoms with Crippen LogP contribution in [-0.4, -0.2) is 16.5 Å². The summed E-state index contributed by atoms with van der Waals surface area (Å²) in [5, 5.41) is 6.34. The second-order valence-electron chi connectivity index (χ2n) is 9.07. The van der Waals surface area contributed by atoms with Crippen molar-refractivity contribution in [2.24, 2.45) is 0 Å². The fraction of sp³-hybridized carbons (Fsp3) is 0.267. The lowest BCUT2D eigenvalue weighted by atomic mass is 10.0. The van der Waals surface area contributed by atoms with Crippen LogP contribution in [0.5, 0.6) is 0 Å². The Morgan fingerprint density at radius 1 is 0.727 bits per heavy atom. The summed E-state index contributed by atoms with van der Waals surface area (Å²) < 4.78 is 0. The summed E-state index contributed by atoms with van der Waals surface area (Å²) in [7, 11) is 0. The van der Waals surface area contributed by atoms with Crippen LogP contribution < -0.4 is 5.32 Å². The Bertz CT molecular complexity index is 1310. The molecule has 0 bridgehead atoms. The minimum atomic E-state index is 0.925. The van der Waals surface area contributed by atoms with E-state index in [0.29, 0.717) is 0 Å². The molecule has 0 radical (unpaired) electrons. The minimum absolute atomic E-state index is 0.925. The Morgan fingerprint density at radius 3 is 2.36 bits per heavy atom. The quantitative estimate of drug-likeness (QED) is 0.206. The zero-order valence-electron chi connectivity index (χ0n) is 19.5. The number of para-hydroxylation sites is 2. The van der Waals surface area contributed by atoms with Crippen molar-refractivity contribution in [3.8, 4) is 0 Å². The van der Waals surface area contributed by atoms with Gasteiger partial charge in [0.15, 0.2) is 0 Å². The molecule has 0 saturated carbocycles. The van der Waals surface area contributed by atoms with Gasteiger partial charge >= 0.3 is 0 Å². The average molecular weight is 436 g/mol. The third kappa shape index (κ3) is 5.04. The van der Waals surface area contributed by atoms with Crippen molar-refractivity contribution in [3.63, 3.8) is 0 Å². The first-order chi connectivity index (χ1) is 16.3. The van der Waals surface area contributed by atoms with Crippen LogP contribution in [0.2, 0.25) is 0 Å². The molecule has 5 aromatic rings. The van der Waals surface area contributed by atoms with E-state index in [-0.39, 0.29) is 0 Å². The third-order valence-electron chi connectivity index (χ3n) is 6.74. The van der Waals surface area contributed by atoms with Crippen LogP contribution in [0.25, 0.3) is 21.8 Å². The Morgan fingerprint density at radius 2 is 1.48 bits per heavy atom. The number of fused-ring (bicyclic) bond motifs is 2. The lowest BCUT2D eigenvalue weighted by Gasteiger charge is -2.09. The summed E-state index contributed by atoms with van der Waals surface area (Å²) >= 11 is 0. The van der Waals surface area contributed by atoms with Crippen LogP contribution >= 0.6 is 0 Å². The first-order valence-corrected chi connectivity index (χ1v) is 12.2. The fourth-order valence-corrected chi connectivity index (χ4v) is 4.89. The van der Waals surface area contributed by atoms with Crippen molar-refractivity contribution in [3.05, 3.63) is 107 Å². The molecule has 2 aromatic heterocycles. The van der Waals surface area contributed by atoms with E-state index in [1.54, 1.807) is 0 Å². The van der Waals surface area contributed by atoms with E-state index >= 15 is 0 Å². The molecule has 0 aliphatic carbocycles. The molecule has 5 rings (SSSR count). The van der Waals surface area contributed by atoms with Gasteiger partial charge in [0.1, 0.15) is 0 Å².